The van der Waals surface area contributed by atoms with Crippen LogP contribution in [0.3, 0.4) is 0 Å². The van der Waals surface area contributed by atoms with Crippen molar-refractivity contribution in [3.8, 4) is 5.75 Å². The first-order chi connectivity index (χ1) is 11.6. The summed E-state index contributed by atoms with van der Waals surface area (Å²) in [7, 11) is 0. The number of para-hydroxylation sites is 2. The summed E-state index contributed by atoms with van der Waals surface area (Å²) >= 11 is 3.35. The summed E-state index contributed by atoms with van der Waals surface area (Å²) in [5.74, 6) is -0.433. The highest BCUT2D eigenvalue weighted by Gasteiger charge is 2.13. The fourth-order valence-electron chi connectivity index (χ4n) is 2.21. The van der Waals surface area contributed by atoms with Crippen LogP contribution in [0.4, 0.5) is 0 Å². The fourth-order valence-corrected chi connectivity index (χ4v) is 2.59. The van der Waals surface area contributed by atoms with Gasteiger partial charge in [-0.15, -0.1) is 0 Å². The summed E-state index contributed by atoms with van der Waals surface area (Å²) in [6, 6.07) is 14.3. The van der Waals surface area contributed by atoms with Crippen LogP contribution in [0.1, 0.15) is 0 Å². The van der Waals surface area contributed by atoms with Crippen molar-refractivity contribution in [1.82, 2.24) is 4.57 Å². The molecule has 124 valence electrons. The Hall–Kier alpha value is -2.54. The first kappa shape index (κ1) is 16.3. The van der Waals surface area contributed by atoms with E-state index in [-0.39, 0.29) is 19.8 Å². The highest BCUT2D eigenvalue weighted by molar-refractivity contribution is 9.10. The molecule has 3 rings (SSSR count). The van der Waals surface area contributed by atoms with Gasteiger partial charge >= 0.3 is 11.7 Å². The van der Waals surface area contributed by atoms with Crippen molar-refractivity contribution in [3.05, 3.63) is 63.6 Å². The predicted molar refractivity (Wildman–Crippen MR) is 91.1 cm³/mol. The molecule has 0 spiro atoms. The molecule has 0 aliphatic heterocycles. The van der Waals surface area contributed by atoms with E-state index in [0.717, 1.165) is 4.47 Å². The second-order valence-electron chi connectivity index (χ2n) is 4.95. The third kappa shape index (κ3) is 3.86. The molecule has 0 aliphatic rings. The number of fused-ring (bicyclic) bond motifs is 1. The molecule has 6 nitrogen and oxygen atoms in total. The van der Waals surface area contributed by atoms with Gasteiger partial charge in [0.15, 0.2) is 5.58 Å². The second-order valence-corrected chi connectivity index (χ2v) is 5.86. The summed E-state index contributed by atoms with van der Waals surface area (Å²) < 4.78 is 17.8. The molecule has 2 aromatic carbocycles. The van der Waals surface area contributed by atoms with Crippen molar-refractivity contribution in [2.75, 3.05) is 13.2 Å². The third-order valence-electron chi connectivity index (χ3n) is 3.27. The molecule has 0 saturated heterocycles. The van der Waals surface area contributed by atoms with E-state index in [1.54, 1.807) is 24.3 Å². The standard InChI is InChI=1S/C17H14BrNO5/c18-12-4-3-5-13(10-12)22-8-9-23-16(20)11-19-14-6-1-2-7-15(14)24-17(19)21/h1-7,10H,8-9,11H2. The van der Waals surface area contributed by atoms with Crippen molar-refractivity contribution >= 4 is 33.0 Å². The van der Waals surface area contributed by atoms with Gasteiger partial charge in [-0.1, -0.05) is 34.1 Å². The molecule has 0 amide bonds. The van der Waals surface area contributed by atoms with E-state index in [4.69, 9.17) is 13.9 Å². The van der Waals surface area contributed by atoms with Gasteiger partial charge in [-0.25, -0.2) is 4.79 Å². The highest BCUT2D eigenvalue weighted by atomic mass is 79.9. The first-order valence-corrected chi connectivity index (χ1v) is 8.05. The lowest BCUT2D eigenvalue weighted by molar-refractivity contribution is -0.145. The van der Waals surface area contributed by atoms with Crippen LogP contribution in [0.15, 0.2) is 62.2 Å². The molecule has 0 unspecified atom stereocenters. The van der Waals surface area contributed by atoms with E-state index in [1.807, 2.05) is 24.3 Å². The Kier molecular flexibility index (Phi) is 5.00. The highest BCUT2D eigenvalue weighted by Crippen LogP contribution is 2.17. The number of halogens is 1. The average molecular weight is 392 g/mol. The maximum atomic E-state index is 11.9. The Morgan fingerprint density at radius 3 is 2.79 bits per heavy atom. The van der Waals surface area contributed by atoms with Crippen molar-refractivity contribution in [1.29, 1.82) is 0 Å². The minimum atomic E-state index is -0.585. The van der Waals surface area contributed by atoms with Crippen LogP contribution in [-0.2, 0) is 16.1 Å². The van der Waals surface area contributed by atoms with Crippen molar-refractivity contribution in [2.24, 2.45) is 0 Å². The molecular formula is C17H14BrNO5. The molecule has 24 heavy (non-hydrogen) atoms. The molecule has 0 saturated carbocycles. The van der Waals surface area contributed by atoms with Gasteiger partial charge in [0.2, 0.25) is 0 Å². The van der Waals surface area contributed by atoms with Gasteiger partial charge < -0.3 is 13.9 Å². The monoisotopic (exact) mass is 391 g/mol. The van der Waals surface area contributed by atoms with Crippen molar-refractivity contribution in [2.45, 2.75) is 6.54 Å². The minimum Gasteiger partial charge on any atom is -0.490 e. The van der Waals surface area contributed by atoms with Gasteiger partial charge in [-0.05, 0) is 30.3 Å². The third-order valence-corrected chi connectivity index (χ3v) is 3.77. The summed E-state index contributed by atoms with van der Waals surface area (Å²) in [5.41, 5.74) is 0.998. The molecule has 0 aliphatic carbocycles. The Morgan fingerprint density at radius 2 is 1.96 bits per heavy atom. The Balaban J connectivity index is 1.52. The van der Waals surface area contributed by atoms with Crippen LogP contribution < -0.4 is 10.5 Å². The summed E-state index contributed by atoms with van der Waals surface area (Å²) in [6.07, 6.45) is 0. The number of carbonyl (C=O) groups is 1. The van der Waals surface area contributed by atoms with E-state index in [9.17, 15) is 9.59 Å². The molecule has 0 atom stereocenters. The van der Waals surface area contributed by atoms with Gasteiger partial charge in [0.05, 0.1) is 5.52 Å². The van der Waals surface area contributed by atoms with Crippen LogP contribution in [-0.4, -0.2) is 23.8 Å². The first-order valence-electron chi connectivity index (χ1n) is 7.26. The number of esters is 1. The average Bonchev–Trinajstić information content (AvgIpc) is 2.88. The quantitative estimate of drug-likeness (QED) is 0.477. The number of oxazole rings is 1. The maximum Gasteiger partial charge on any atom is 0.420 e. The molecule has 0 fully saturated rings. The van der Waals surface area contributed by atoms with Gasteiger partial charge in [0, 0.05) is 4.47 Å². The summed E-state index contributed by atoms with van der Waals surface area (Å²) in [5, 5.41) is 0. The lowest BCUT2D eigenvalue weighted by Gasteiger charge is -2.08. The van der Waals surface area contributed by atoms with Gasteiger partial charge in [-0.3, -0.25) is 9.36 Å². The number of aromatic nitrogens is 1. The van der Waals surface area contributed by atoms with Crippen LogP contribution in [0.2, 0.25) is 0 Å². The zero-order valence-electron chi connectivity index (χ0n) is 12.6. The molecule has 3 aromatic rings. The molecule has 0 bridgehead atoms. The number of benzene rings is 2. The summed E-state index contributed by atoms with van der Waals surface area (Å²) in [6.45, 7) is 0.117. The largest absolute Gasteiger partial charge is 0.490 e. The Labute approximate surface area is 145 Å². The Bertz CT molecular complexity index is 914. The second kappa shape index (κ2) is 7.35. The topological polar surface area (TPSA) is 70.7 Å². The molecule has 0 N–H and O–H groups in total. The molecule has 7 heteroatoms. The predicted octanol–water partition coefficient (Wildman–Crippen LogP) is 2.98. The molecule has 1 heterocycles. The molecular weight excluding hydrogens is 378 g/mol. The van der Waals surface area contributed by atoms with Crippen molar-refractivity contribution in [3.63, 3.8) is 0 Å². The zero-order valence-corrected chi connectivity index (χ0v) is 14.2. The minimum absolute atomic E-state index is 0.0931. The van der Waals surface area contributed by atoms with E-state index >= 15 is 0 Å². The van der Waals surface area contributed by atoms with Crippen LogP contribution in [0, 0.1) is 0 Å². The Morgan fingerprint density at radius 1 is 1.12 bits per heavy atom. The number of hydrogen-bond donors (Lipinski definition) is 0. The van der Waals surface area contributed by atoms with Crippen LogP contribution in [0.5, 0.6) is 5.75 Å². The van der Waals surface area contributed by atoms with Crippen molar-refractivity contribution < 1.29 is 18.7 Å². The fraction of sp³-hybridized carbons (Fsp3) is 0.176. The maximum absolute atomic E-state index is 11.9. The number of hydrogen-bond acceptors (Lipinski definition) is 5. The lowest BCUT2D eigenvalue weighted by atomic mass is 10.3. The van der Waals surface area contributed by atoms with Crippen LogP contribution >= 0.6 is 15.9 Å². The lowest BCUT2D eigenvalue weighted by Crippen LogP contribution is -2.23. The number of rotatable bonds is 6. The SMILES string of the molecule is O=C(Cn1c(=O)oc2ccccc21)OCCOc1cccc(Br)c1. The van der Waals surface area contributed by atoms with E-state index in [2.05, 4.69) is 15.9 Å². The molecule has 0 radical (unpaired) electrons. The van der Waals surface area contributed by atoms with E-state index < -0.39 is 11.7 Å². The molecule has 1 aromatic heterocycles. The van der Waals surface area contributed by atoms with Gasteiger partial charge in [0.25, 0.3) is 0 Å². The van der Waals surface area contributed by atoms with E-state index in [0.29, 0.717) is 16.8 Å². The summed E-state index contributed by atoms with van der Waals surface area (Å²) in [4.78, 5) is 23.7. The zero-order chi connectivity index (χ0) is 16.9. The number of carbonyl (C=O) groups excluding carboxylic acids is 1. The van der Waals surface area contributed by atoms with Gasteiger partial charge in [0.1, 0.15) is 25.5 Å². The van der Waals surface area contributed by atoms with Gasteiger partial charge in [-0.2, -0.15) is 0 Å². The van der Waals surface area contributed by atoms with E-state index in [1.165, 1.54) is 4.57 Å². The number of ether oxygens (including phenoxy) is 2. The number of nitrogens with zero attached hydrogens (tertiary/aromatic N) is 1. The normalized spacial score (nSPS) is 10.7. The smallest absolute Gasteiger partial charge is 0.420 e. The van der Waals surface area contributed by atoms with Crippen LogP contribution in [0.25, 0.3) is 11.1 Å².